The van der Waals surface area contributed by atoms with E-state index < -0.39 is 6.09 Å². The highest BCUT2D eigenvalue weighted by molar-refractivity contribution is 14.0. The predicted molar refractivity (Wildman–Crippen MR) is 134 cm³/mol. The van der Waals surface area contributed by atoms with Crippen molar-refractivity contribution in [1.82, 2.24) is 10.6 Å². The average molecular weight is 538 g/mol. The lowest BCUT2D eigenvalue weighted by Crippen LogP contribution is -2.45. The van der Waals surface area contributed by atoms with Gasteiger partial charge < -0.3 is 20.1 Å². The molecule has 1 aliphatic rings. The lowest BCUT2D eigenvalue weighted by atomic mass is 9.90. The largest absolute Gasteiger partial charge is 0.487 e. The van der Waals surface area contributed by atoms with E-state index in [0.29, 0.717) is 12.2 Å². The van der Waals surface area contributed by atoms with E-state index in [-0.39, 0.29) is 35.6 Å². The van der Waals surface area contributed by atoms with Gasteiger partial charge in [0.2, 0.25) is 0 Å². The Morgan fingerprint density at radius 1 is 1.19 bits per heavy atom. The number of hydrogen-bond donors (Lipinski definition) is 3. The van der Waals surface area contributed by atoms with Crippen molar-refractivity contribution in [3.8, 4) is 5.75 Å². The molecular weight excluding hydrogens is 507 g/mol. The molecule has 31 heavy (non-hydrogen) atoms. The summed E-state index contributed by atoms with van der Waals surface area (Å²) in [6.07, 6.45) is 0.349. The highest BCUT2D eigenvalue weighted by Gasteiger charge is 2.33. The van der Waals surface area contributed by atoms with Crippen LogP contribution >= 0.6 is 24.0 Å². The van der Waals surface area contributed by atoms with Gasteiger partial charge in [-0.05, 0) is 44.5 Å². The van der Waals surface area contributed by atoms with E-state index in [1.807, 2.05) is 49.4 Å². The predicted octanol–water partition coefficient (Wildman–Crippen LogP) is 4.84. The molecule has 3 rings (SSSR count). The summed E-state index contributed by atoms with van der Waals surface area (Å²) in [4.78, 5) is 16.0. The number of halogens is 1. The van der Waals surface area contributed by atoms with Crippen molar-refractivity contribution in [3.05, 3.63) is 59.7 Å². The minimum absolute atomic E-state index is 0. The van der Waals surface area contributed by atoms with Crippen LogP contribution in [0.1, 0.15) is 44.4 Å². The van der Waals surface area contributed by atoms with Crippen molar-refractivity contribution >= 4 is 41.7 Å². The molecule has 1 unspecified atom stereocenters. The second-order valence-corrected chi connectivity index (χ2v) is 7.81. The van der Waals surface area contributed by atoms with Crippen molar-refractivity contribution in [2.75, 3.05) is 19.0 Å². The topological polar surface area (TPSA) is 84.0 Å². The number of amides is 1. The summed E-state index contributed by atoms with van der Waals surface area (Å²) < 4.78 is 10.7. The standard InChI is InChI=1S/C23H30N4O3.HI/c1-5-24-21(25-15-16-10-12-17(13-11-16)26-22(28)29-4)27-19-14-23(2,3)30-20-9-7-6-8-18(19)20;/h6-13,19H,5,14-15H2,1-4H3,(H,26,28)(H2,24,25,27);1H. The zero-order chi connectivity index (χ0) is 21.6. The van der Waals surface area contributed by atoms with Crippen LogP contribution in [0.5, 0.6) is 5.75 Å². The number of fused-ring (bicyclic) bond motifs is 1. The highest BCUT2D eigenvalue weighted by Crippen LogP contribution is 2.39. The maximum atomic E-state index is 11.3. The van der Waals surface area contributed by atoms with Crippen molar-refractivity contribution in [2.45, 2.75) is 45.4 Å². The summed E-state index contributed by atoms with van der Waals surface area (Å²) >= 11 is 0. The molecule has 0 saturated carbocycles. The van der Waals surface area contributed by atoms with E-state index in [1.165, 1.54) is 7.11 Å². The Balaban J connectivity index is 0.00000341. The van der Waals surface area contributed by atoms with Gasteiger partial charge in [-0.3, -0.25) is 5.32 Å². The number of nitrogens with zero attached hydrogens (tertiary/aromatic N) is 1. The lowest BCUT2D eigenvalue weighted by Gasteiger charge is -2.38. The number of guanidine groups is 1. The second-order valence-electron chi connectivity index (χ2n) is 7.81. The Bertz CT molecular complexity index is 900. The van der Waals surface area contributed by atoms with Crippen molar-refractivity contribution < 1.29 is 14.3 Å². The summed E-state index contributed by atoms with van der Waals surface area (Å²) in [5.74, 6) is 1.67. The molecule has 0 saturated heterocycles. The summed E-state index contributed by atoms with van der Waals surface area (Å²) in [6.45, 7) is 7.54. The third-order valence-corrected chi connectivity index (χ3v) is 4.84. The van der Waals surface area contributed by atoms with Crippen LogP contribution in [0.2, 0.25) is 0 Å². The van der Waals surface area contributed by atoms with Gasteiger partial charge in [0.05, 0.1) is 19.7 Å². The Labute approximate surface area is 201 Å². The molecule has 2 aromatic rings. The molecule has 0 fully saturated rings. The molecule has 0 aromatic heterocycles. The van der Waals surface area contributed by atoms with Crippen LogP contribution in [0, 0.1) is 0 Å². The molecule has 7 nitrogen and oxygen atoms in total. The third-order valence-electron chi connectivity index (χ3n) is 4.84. The first-order valence-corrected chi connectivity index (χ1v) is 10.2. The molecule has 168 valence electrons. The van der Waals surface area contributed by atoms with Crippen LogP contribution in [-0.2, 0) is 11.3 Å². The van der Waals surface area contributed by atoms with E-state index in [1.54, 1.807) is 0 Å². The summed E-state index contributed by atoms with van der Waals surface area (Å²) in [5, 5.41) is 9.54. The quantitative estimate of drug-likeness (QED) is 0.288. The molecule has 0 aliphatic carbocycles. The fourth-order valence-electron chi connectivity index (χ4n) is 3.45. The number of para-hydroxylation sites is 1. The minimum atomic E-state index is -0.487. The van der Waals surface area contributed by atoms with Gasteiger partial charge in [-0.15, -0.1) is 24.0 Å². The molecule has 1 aliphatic heterocycles. The van der Waals surface area contributed by atoms with Crippen LogP contribution in [0.15, 0.2) is 53.5 Å². The van der Waals surface area contributed by atoms with Gasteiger partial charge >= 0.3 is 6.09 Å². The maximum Gasteiger partial charge on any atom is 0.411 e. The molecular formula is C23H31IN4O3. The molecule has 0 bridgehead atoms. The molecule has 0 spiro atoms. The summed E-state index contributed by atoms with van der Waals surface area (Å²) in [7, 11) is 1.34. The number of aliphatic imine (C=N–C) groups is 1. The van der Waals surface area contributed by atoms with Gasteiger partial charge in [0.1, 0.15) is 11.4 Å². The van der Waals surface area contributed by atoms with Crippen LogP contribution < -0.4 is 20.7 Å². The number of carbonyl (C=O) groups excluding carboxylic acids is 1. The van der Waals surface area contributed by atoms with Crippen LogP contribution in [-0.4, -0.2) is 31.3 Å². The number of methoxy groups -OCH3 is 1. The number of benzene rings is 2. The van der Waals surface area contributed by atoms with Gasteiger partial charge in [0, 0.05) is 24.2 Å². The zero-order valence-corrected chi connectivity index (χ0v) is 20.7. The van der Waals surface area contributed by atoms with Crippen LogP contribution in [0.4, 0.5) is 10.5 Å². The maximum absolute atomic E-state index is 11.3. The second kappa shape index (κ2) is 11.2. The van der Waals surface area contributed by atoms with Crippen LogP contribution in [0.3, 0.4) is 0 Å². The van der Waals surface area contributed by atoms with E-state index in [2.05, 4.69) is 40.6 Å². The molecule has 8 heteroatoms. The molecule has 2 aromatic carbocycles. The number of anilines is 1. The van der Waals surface area contributed by atoms with E-state index in [4.69, 9.17) is 9.73 Å². The first kappa shape index (κ1) is 24.8. The summed E-state index contributed by atoms with van der Waals surface area (Å²) in [6, 6.07) is 15.8. The first-order chi connectivity index (χ1) is 14.4. The Morgan fingerprint density at radius 3 is 2.58 bits per heavy atom. The van der Waals surface area contributed by atoms with Gasteiger partial charge in [-0.25, -0.2) is 9.79 Å². The Hall–Kier alpha value is -2.49. The Kier molecular flexibility index (Phi) is 8.97. The molecule has 1 amide bonds. The SMILES string of the molecule is CCNC(=NCc1ccc(NC(=O)OC)cc1)NC1CC(C)(C)Oc2ccccc21.I. The number of rotatable bonds is 5. The third kappa shape index (κ3) is 7.02. The normalized spacial score (nSPS) is 16.8. The van der Waals surface area contributed by atoms with Crippen molar-refractivity contribution in [1.29, 1.82) is 0 Å². The fourth-order valence-corrected chi connectivity index (χ4v) is 3.45. The minimum Gasteiger partial charge on any atom is -0.487 e. The number of carbonyl (C=O) groups is 1. The summed E-state index contributed by atoms with van der Waals surface area (Å²) in [5.41, 5.74) is 2.60. The number of ether oxygens (including phenoxy) is 2. The fraction of sp³-hybridized carbons (Fsp3) is 0.391. The van der Waals surface area contributed by atoms with Crippen molar-refractivity contribution in [3.63, 3.8) is 0 Å². The lowest BCUT2D eigenvalue weighted by molar-refractivity contribution is 0.0694. The van der Waals surface area contributed by atoms with Gasteiger partial charge in [0.15, 0.2) is 5.96 Å². The monoisotopic (exact) mass is 538 g/mol. The van der Waals surface area contributed by atoms with E-state index >= 15 is 0 Å². The van der Waals surface area contributed by atoms with Crippen molar-refractivity contribution in [2.24, 2.45) is 4.99 Å². The molecule has 1 heterocycles. The van der Waals surface area contributed by atoms with Gasteiger partial charge in [-0.2, -0.15) is 0 Å². The molecule has 1 atom stereocenters. The molecule has 0 radical (unpaired) electrons. The van der Waals surface area contributed by atoms with Gasteiger partial charge in [-0.1, -0.05) is 30.3 Å². The zero-order valence-electron chi connectivity index (χ0n) is 18.4. The Morgan fingerprint density at radius 2 is 1.90 bits per heavy atom. The van der Waals surface area contributed by atoms with E-state index in [0.717, 1.165) is 35.8 Å². The smallest absolute Gasteiger partial charge is 0.411 e. The average Bonchev–Trinajstić information content (AvgIpc) is 2.72. The van der Waals surface area contributed by atoms with Gasteiger partial charge in [0.25, 0.3) is 0 Å². The first-order valence-electron chi connectivity index (χ1n) is 10.2. The highest BCUT2D eigenvalue weighted by atomic mass is 127. The van der Waals surface area contributed by atoms with E-state index in [9.17, 15) is 4.79 Å². The molecule has 3 N–H and O–H groups in total. The van der Waals surface area contributed by atoms with Crippen LogP contribution in [0.25, 0.3) is 0 Å². The number of nitrogens with one attached hydrogen (secondary N) is 3. The number of hydrogen-bond acceptors (Lipinski definition) is 4.